The van der Waals surface area contributed by atoms with Gasteiger partial charge < -0.3 is 9.47 Å². The van der Waals surface area contributed by atoms with Crippen LogP contribution in [-0.4, -0.2) is 22.7 Å². The van der Waals surface area contributed by atoms with Crippen molar-refractivity contribution in [3.8, 4) is 11.5 Å². The van der Waals surface area contributed by atoms with E-state index in [0.717, 1.165) is 5.56 Å². The first-order chi connectivity index (χ1) is 14.7. The van der Waals surface area contributed by atoms with Crippen LogP contribution in [0.1, 0.15) is 21.6 Å². The van der Waals surface area contributed by atoms with Crippen LogP contribution in [0.15, 0.2) is 36.5 Å². The van der Waals surface area contributed by atoms with E-state index < -0.39 is 0 Å². The average Bonchev–Trinajstić information content (AvgIpc) is 3.20. The summed E-state index contributed by atoms with van der Waals surface area (Å²) in [5.74, 6) is 0.517. The molecular formula is C21H15Cl5N2O3. The van der Waals surface area contributed by atoms with E-state index in [4.69, 9.17) is 67.5 Å². The lowest BCUT2D eigenvalue weighted by Crippen LogP contribution is -2.04. The van der Waals surface area contributed by atoms with E-state index in [9.17, 15) is 4.79 Å². The maximum Gasteiger partial charge on any atom is 0.203 e. The fourth-order valence-electron chi connectivity index (χ4n) is 2.75. The number of carbonyl (C=O) groups is 1. The predicted molar refractivity (Wildman–Crippen MR) is 125 cm³/mol. The lowest BCUT2D eigenvalue weighted by atomic mass is 10.1. The van der Waals surface area contributed by atoms with Crippen LogP contribution in [0.5, 0.6) is 11.5 Å². The maximum atomic E-state index is 12.3. The predicted octanol–water partition coefficient (Wildman–Crippen LogP) is 7.17. The second kappa shape index (κ2) is 10.2. The Morgan fingerprint density at radius 1 is 1.03 bits per heavy atom. The Bertz CT molecular complexity index is 1150. The third kappa shape index (κ3) is 5.13. The van der Waals surface area contributed by atoms with E-state index in [1.165, 1.54) is 17.9 Å². The van der Waals surface area contributed by atoms with E-state index in [2.05, 4.69) is 5.10 Å². The monoisotopic (exact) mass is 518 g/mol. The van der Waals surface area contributed by atoms with Crippen molar-refractivity contribution in [3.63, 3.8) is 0 Å². The van der Waals surface area contributed by atoms with Crippen molar-refractivity contribution in [1.82, 2.24) is 9.78 Å². The highest BCUT2D eigenvalue weighted by Gasteiger charge is 2.21. The van der Waals surface area contributed by atoms with Crippen LogP contribution < -0.4 is 9.47 Å². The average molecular weight is 521 g/mol. The molecule has 0 bridgehead atoms. The van der Waals surface area contributed by atoms with E-state index in [-0.39, 0.29) is 43.3 Å². The minimum absolute atomic E-state index is 0.0464. The van der Waals surface area contributed by atoms with Gasteiger partial charge in [-0.05, 0) is 29.8 Å². The number of ether oxygens (including phenoxy) is 2. The van der Waals surface area contributed by atoms with Crippen LogP contribution in [0, 0.1) is 0 Å². The molecule has 3 rings (SSSR count). The highest BCUT2D eigenvalue weighted by Crippen LogP contribution is 2.48. The number of halogens is 5. The highest BCUT2D eigenvalue weighted by molar-refractivity contribution is 6.55. The van der Waals surface area contributed by atoms with Gasteiger partial charge in [-0.2, -0.15) is 5.10 Å². The molecular weight excluding hydrogens is 506 g/mol. The van der Waals surface area contributed by atoms with Crippen LogP contribution in [0.3, 0.4) is 0 Å². The number of aromatic nitrogens is 2. The Labute approximate surface area is 204 Å². The molecule has 162 valence electrons. The van der Waals surface area contributed by atoms with Gasteiger partial charge in [-0.3, -0.25) is 9.48 Å². The molecule has 0 aliphatic rings. The summed E-state index contributed by atoms with van der Waals surface area (Å²) in [4.78, 5) is 12.3. The van der Waals surface area contributed by atoms with Crippen LogP contribution in [0.2, 0.25) is 25.1 Å². The molecule has 0 saturated carbocycles. The van der Waals surface area contributed by atoms with Gasteiger partial charge in [0.15, 0.2) is 5.75 Å². The normalized spacial score (nSPS) is 11.2. The molecule has 0 spiro atoms. The quantitative estimate of drug-likeness (QED) is 0.143. The van der Waals surface area contributed by atoms with E-state index >= 15 is 0 Å². The third-order valence-electron chi connectivity index (χ3n) is 4.35. The Balaban J connectivity index is 1.85. The molecule has 5 nitrogen and oxygen atoms in total. The zero-order valence-corrected chi connectivity index (χ0v) is 20.0. The highest BCUT2D eigenvalue weighted by atomic mass is 35.5. The molecule has 1 heterocycles. The summed E-state index contributed by atoms with van der Waals surface area (Å²) in [5, 5.41) is 4.24. The van der Waals surface area contributed by atoms with Gasteiger partial charge in [0.05, 0.1) is 22.2 Å². The first-order valence-electron chi connectivity index (χ1n) is 8.76. The van der Waals surface area contributed by atoms with Crippen molar-refractivity contribution in [3.05, 3.63) is 78.5 Å². The molecule has 2 aromatic carbocycles. The first kappa shape index (κ1) is 23.8. The number of ketones is 1. The van der Waals surface area contributed by atoms with E-state index in [1.54, 1.807) is 31.5 Å². The zero-order chi connectivity index (χ0) is 22.7. The van der Waals surface area contributed by atoms with Crippen molar-refractivity contribution in [2.75, 3.05) is 7.11 Å². The molecule has 0 saturated heterocycles. The van der Waals surface area contributed by atoms with Gasteiger partial charge in [0.25, 0.3) is 0 Å². The minimum atomic E-state index is -0.169. The van der Waals surface area contributed by atoms with Crippen molar-refractivity contribution >= 4 is 69.9 Å². The molecule has 1 aromatic heterocycles. The van der Waals surface area contributed by atoms with Crippen molar-refractivity contribution in [2.24, 2.45) is 7.05 Å². The summed E-state index contributed by atoms with van der Waals surface area (Å²) in [7, 11) is 3.24. The number of allylic oxidation sites excluding steroid dienone is 1. The Kier molecular flexibility index (Phi) is 7.78. The van der Waals surface area contributed by atoms with Gasteiger partial charge in [0, 0.05) is 18.8 Å². The smallest absolute Gasteiger partial charge is 0.203 e. The van der Waals surface area contributed by atoms with E-state index in [0.29, 0.717) is 17.0 Å². The molecule has 31 heavy (non-hydrogen) atoms. The summed E-state index contributed by atoms with van der Waals surface area (Å²) in [6.07, 6.45) is 4.72. The Morgan fingerprint density at radius 3 is 2.26 bits per heavy atom. The summed E-state index contributed by atoms with van der Waals surface area (Å²) in [5.41, 5.74) is 1.93. The second-order valence-electron chi connectivity index (χ2n) is 6.30. The topological polar surface area (TPSA) is 53.3 Å². The van der Waals surface area contributed by atoms with Gasteiger partial charge in [-0.1, -0.05) is 70.1 Å². The molecule has 0 N–H and O–H groups in total. The number of methoxy groups -OCH3 is 1. The number of benzene rings is 2. The summed E-state index contributed by atoms with van der Waals surface area (Å²) in [6, 6.07) is 7.03. The fraction of sp³-hybridized carbons (Fsp3) is 0.143. The van der Waals surface area contributed by atoms with Crippen LogP contribution >= 0.6 is 58.0 Å². The van der Waals surface area contributed by atoms with Crippen molar-refractivity contribution < 1.29 is 14.3 Å². The van der Waals surface area contributed by atoms with Gasteiger partial charge >= 0.3 is 0 Å². The number of hydrogen-bond donors (Lipinski definition) is 0. The van der Waals surface area contributed by atoms with Gasteiger partial charge in [-0.25, -0.2) is 0 Å². The SMILES string of the molecule is COc1ccc(/C=C/C(=O)c2ccnn2C)cc1COc1c(Cl)c(Cl)c(Cl)c(Cl)c1Cl. The van der Waals surface area contributed by atoms with Crippen molar-refractivity contribution in [1.29, 1.82) is 0 Å². The van der Waals surface area contributed by atoms with Crippen LogP contribution in [0.4, 0.5) is 0 Å². The lowest BCUT2D eigenvalue weighted by molar-refractivity contribution is 0.103. The number of carbonyl (C=O) groups excluding carboxylic acids is 1. The molecule has 0 amide bonds. The lowest BCUT2D eigenvalue weighted by Gasteiger charge is -2.15. The van der Waals surface area contributed by atoms with Crippen LogP contribution in [-0.2, 0) is 13.7 Å². The fourth-order valence-corrected chi connectivity index (χ4v) is 3.98. The van der Waals surface area contributed by atoms with Crippen molar-refractivity contribution in [2.45, 2.75) is 6.61 Å². The van der Waals surface area contributed by atoms with E-state index in [1.807, 2.05) is 12.1 Å². The number of rotatable bonds is 7. The largest absolute Gasteiger partial charge is 0.496 e. The molecule has 3 aromatic rings. The zero-order valence-electron chi connectivity index (χ0n) is 16.3. The standard InChI is InChI=1S/C21H15Cl5N2O3/c1-28-13(7-8-27-28)14(29)5-3-11-4-6-15(30-2)12(9-11)10-31-21-19(25)17(23)16(22)18(24)20(21)26/h3-9H,10H2,1-2H3/b5-3+. The Morgan fingerprint density at radius 2 is 1.68 bits per heavy atom. The van der Waals surface area contributed by atoms with Crippen LogP contribution in [0.25, 0.3) is 6.08 Å². The summed E-state index contributed by atoms with van der Waals surface area (Å²) in [6.45, 7) is 0.0499. The summed E-state index contributed by atoms with van der Waals surface area (Å²) >= 11 is 30.6. The van der Waals surface area contributed by atoms with Gasteiger partial charge in [-0.15, -0.1) is 0 Å². The molecule has 10 heteroatoms. The number of hydrogen-bond acceptors (Lipinski definition) is 4. The molecule has 0 atom stereocenters. The van der Waals surface area contributed by atoms with Gasteiger partial charge in [0.2, 0.25) is 5.78 Å². The molecule has 0 unspecified atom stereocenters. The summed E-state index contributed by atoms with van der Waals surface area (Å²) < 4.78 is 12.7. The number of nitrogens with zero attached hydrogens (tertiary/aromatic N) is 2. The van der Waals surface area contributed by atoms with Gasteiger partial charge in [0.1, 0.15) is 28.1 Å². The molecule has 0 fully saturated rings. The Hall–Kier alpha value is -1.89. The maximum absolute atomic E-state index is 12.3. The molecule has 0 aliphatic heterocycles. The number of aryl methyl sites for hydroxylation is 1. The third-order valence-corrected chi connectivity index (χ3v) is 6.59. The molecule has 0 radical (unpaired) electrons. The second-order valence-corrected chi connectivity index (χ2v) is 8.19. The first-order valence-corrected chi connectivity index (χ1v) is 10.6. The molecule has 0 aliphatic carbocycles. The minimum Gasteiger partial charge on any atom is -0.496 e.